The molecule has 1 aromatic carbocycles. The summed E-state index contributed by atoms with van der Waals surface area (Å²) in [6.07, 6.45) is 2.06. The quantitative estimate of drug-likeness (QED) is 0.681. The number of ether oxygens (including phenoxy) is 1. The minimum absolute atomic E-state index is 0.00937. The Labute approximate surface area is 146 Å². The number of hydrogen-bond acceptors (Lipinski definition) is 4. The van der Waals surface area contributed by atoms with Gasteiger partial charge in [0.25, 0.3) is 5.91 Å². The Hall–Kier alpha value is -2.83. The number of aromatic nitrogens is 2. The van der Waals surface area contributed by atoms with E-state index in [-0.39, 0.29) is 24.6 Å². The second-order valence-electron chi connectivity index (χ2n) is 6.08. The Kier molecular flexibility index (Phi) is 6.56. The van der Waals surface area contributed by atoms with E-state index in [9.17, 15) is 9.59 Å². The molecule has 0 aliphatic rings. The summed E-state index contributed by atoms with van der Waals surface area (Å²) in [5.41, 5.74) is 1.02. The van der Waals surface area contributed by atoms with Crippen molar-refractivity contribution in [2.45, 2.75) is 26.7 Å². The summed E-state index contributed by atoms with van der Waals surface area (Å²) in [5, 5.41) is 15.7. The van der Waals surface area contributed by atoms with E-state index >= 15 is 0 Å². The van der Waals surface area contributed by atoms with Gasteiger partial charge in [0.15, 0.2) is 11.4 Å². The van der Waals surface area contributed by atoms with E-state index in [2.05, 4.69) is 10.4 Å². The Bertz CT molecular complexity index is 710. The summed E-state index contributed by atoms with van der Waals surface area (Å²) >= 11 is 0. The number of carboxylic acids is 1. The number of carbonyl (C=O) groups is 2. The molecule has 1 heterocycles. The van der Waals surface area contributed by atoms with Gasteiger partial charge in [0.05, 0.1) is 18.5 Å². The van der Waals surface area contributed by atoms with E-state index in [0.29, 0.717) is 24.7 Å². The molecule has 0 spiro atoms. The summed E-state index contributed by atoms with van der Waals surface area (Å²) in [6, 6.07) is 9.44. The van der Waals surface area contributed by atoms with Crippen molar-refractivity contribution in [3.05, 3.63) is 42.2 Å². The van der Waals surface area contributed by atoms with E-state index in [1.54, 1.807) is 10.9 Å². The zero-order valence-corrected chi connectivity index (χ0v) is 14.4. The molecule has 7 heteroatoms. The molecule has 0 unspecified atom stereocenters. The van der Waals surface area contributed by atoms with Crippen LogP contribution in [0, 0.1) is 5.92 Å². The van der Waals surface area contributed by atoms with E-state index in [1.165, 1.54) is 0 Å². The van der Waals surface area contributed by atoms with Crippen LogP contribution in [0.3, 0.4) is 0 Å². The maximum atomic E-state index is 12.4. The zero-order chi connectivity index (χ0) is 18.2. The molecule has 7 nitrogen and oxygen atoms in total. The van der Waals surface area contributed by atoms with Crippen molar-refractivity contribution >= 4 is 11.9 Å². The normalized spacial score (nSPS) is 10.7. The summed E-state index contributed by atoms with van der Waals surface area (Å²) < 4.78 is 7.33. The van der Waals surface area contributed by atoms with Crippen LogP contribution in [-0.4, -0.2) is 39.9 Å². The minimum atomic E-state index is -0.886. The van der Waals surface area contributed by atoms with Crippen molar-refractivity contribution in [3.63, 3.8) is 0 Å². The van der Waals surface area contributed by atoms with Gasteiger partial charge in [0.1, 0.15) is 0 Å². The lowest BCUT2D eigenvalue weighted by molar-refractivity contribution is -0.137. The molecule has 0 fully saturated rings. The summed E-state index contributed by atoms with van der Waals surface area (Å²) in [6.45, 7) is 4.78. The first-order valence-corrected chi connectivity index (χ1v) is 8.25. The highest BCUT2D eigenvalue weighted by molar-refractivity contribution is 5.95. The lowest BCUT2D eigenvalue weighted by atomic mass is 10.2. The monoisotopic (exact) mass is 345 g/mol. The Morgan fingerprint density at radius 3 is 2.64 bits per heavy atom. The smallest absolute Gasteiger partial charge is 0.303 e. The maximum absolute atomic E-state index is 12.4. The van der Waals surface area contributed by atoms with Crippen molar-refractivity contribution in [3.8, 4) is 11.4 Å². The van der Waals surface area contributed by atoms with E-state index < -0.39 is 5.97 Å². The highest BCUT2D eigenvalue weighted by atomic mass is 16.5. The number of benzene rings is 1. The average Bonchev–Trinajstić information content (AvgIpc) is 3.01. The first-order valence-electron chi connectivity index (χ1n) is 8.25. The molecule has 0 radical (unpaired) electrons. The number of carbonyl (C=O) groups excluding carboxylic acids is 1. The first-order chi connectivity index (χ1) is 12.0. The van der Waals surface area contributed by atoms with Crippen molar-refractivity contribution in [1.82, 2.24) is 15.1 Å². The van der Waals surface area contributed by atoms with Gasteiger partial charge in [-0.2, -0.15) is 5.10 Å². The molecule has 134 valence electrons. The first kappa shape index (κ1) is 18.5. The van der Waals surface area contributed by atoms with Gasteiger partial charge in [-0.25, -0.2) is 4.68 Å². The van der Waals surface area contributed by atoms with Gasteiger partial charge in [0, 0.05) is 13.0 Å². The van der Waals surface area contributed by atoms with Gasteiger partial charge in [-0.1, -0.05) is 32.0 Å². The number of aliphatic carboxylic acids is 1. The second kappa shape index (κ2) is 8.86. The minimum Gasteiger partial charge on any atom is -0.489 e. The SMILES string of the molecule is CC(C)COc1cn(-c2ccccc2)nc1C(=O)NCCCC(=O)O. The summed E-state index contributed by atoms with van der Waals surface area (Å²) in [4.78, 5) is 22.9. The number of nitrogens with one attached hydrogen (secondary N) is 1. The fraction of sp³-hybridized carbons (Fsp3) is 0.389. The third-order valence-electron chi connectivity index (χ3n) is 3.34. The standard InChI is InChI=1S/C18H23N3O4/c1-13(2)12-25-15-11-21(14-7-4-3-5-8-14)20-17(15)18(24)19-10-6-9-16(22)23/h3-5,7-8,11,13H,6,9-10,12H2,1-2H3,(H,19,24)(H,22,23). The van der Waals surface area contributed by atoms with Crippen LogP contribution >= 0.6 is 0 Å². The zero-order valence-electron chi connectivity index (χ0n) is 14.4. The molecule has 2 aromatic rings. The Morgan fingerprint density at radius 2 is 2.00 bits per heavy atom. The number of carboxylic acid groups (broad SMARTS) is 1. The molecule has 0 saturated heterocycles. The lowest BCUT2D eigenvalue weighted by Gasteiger charge is -2.08. The second-order valence-corrected chi connectivity index (χ2v) is 6.08. The van der Waals surface area contributed by atoms with Crippen LogP contribution in [0.2, 0.25) is 0 Å². The largest absolute Gasteiger partial charge is 0.489 e. The van der Waals surface area contributed by atoms with Crippen LogP contribution in [0.25, 0.3) is 5.69 Å². The molecule has 0 bridgehead atoms. The Balaban J connectivity index is 2.14. The highest BCUT2D eigenvalue weighted by Crippen LogP contribution is 2.20. The van der Waals surface area contributed by atoms with Crippen molar-refractivity contribution in [2.75, 3.05) is 13.2 Å². The fourth-order valence-corrected chi connectivity index (χ4v) is 2.12. The number of para-hydroxylation sites is 1. The highest BCUT2D eigenvalue weighted by Gasteiger charge is 2.19. The predicted octanol–water partition coefficient (Wildman–Crippen LogP) is 2.50. The van der Waals surface area contributed by atoms with Gasteiger partial charge < -0.3 is 15.2 Å². The van der Waals surface area contributed by atoms with Crippen molar-refractivity contribution < 1.29 is 19.4 Å². The number of hydrogen-bond donors (Lipinski definition) is 2. The molecule has 1 amide bonds. The molecular weight excluding hydrogens is 322 g/mol. The number of nitrogens with zero attached hydrogens (tertiary/aromatic N) is 2. The van der Waals surface area contributed by atoms with E-state index in [0.717, 1.165) is 5.69 Å². The van der Waals surface area contributed by atoms with Gasteiger partial charge in [-0.15, -0.1) is 0 Å². The molecular formula is C18H23N3O4. The van der Waals surface area contributed by atoms with E-state index in [4.69, 9.17) is 9.84 Å². The van der Waals surface area contributed by atoms with Gasteiger partial charge in [-0.05, 0) is 24.5 Å². The van der Waals surface area contributed by atoms with Crippen LogP contribution in [-0.2, 0) is 4.79 Å². The third kappa shape index (κ3) is 5.63. The van der Waals surface area contributed by atoms with Gasteiger partial charge >= 0.3 is 5.97 Å². The van der Waals surface area contributed by atoms with Crippen molar-refractivity contribution in [1.29, 1.82) is 0 Å². The number of rotatable bonds is 9. The molecule has 2 N–H and O–H groups in total. The molecule has 25 heavy (non-hydrogen) atoms. The van der Waals surface area contributed by atoms with Crippen LogP contribution < -0.4 is 10.1 Å². The van der Waals surface area contributed by atoms with Crippen molar-refractivity contribution in [2.24, 2.45) is 5.92 Å². The molecule has 0 saturated carbocycles. The predicted molar refractivity (Wildman–Crippen MR) is 93.1 cm³/mol. The van der Waals surface area contributed by atoms with Crippen LogP contribution in [0.15, 0.2) is 36.5 Å². The van der Waals surface area contributed by atoms with Crippen LogP contribution in [0.5, 0.6) is 5.75 Å². The molecule has 0 aliphatic heterocycles. The lowest BCUT2D eigenvalue weighted by Crippen LogP contribution is -2.26. The third-order valence-corrected chi connectivity index (χ3v) is 3.34. The fourth-order valence-electron chi connectivity index (χ4n) is 2.12. The van der Waals surface area contributed by atoms with Crippen LogP contribution in [0.4, 0.5) is 0 Å². The Morgan fingerprint density at radius 1 is 1.28 bits per heavy atom. The molecule has 2 rings (SSSR count). The number of amides is 1. The van der Waals surface area contributed by atoms with Gasteiger partial charge in [-0.3, -0.25) is 9.59 Å². The average molecular weight is 345 g/mol. The summed E-state index contributed by atoms with van der Waals surface area (Å²) in [7, 11) is 0. The topological polar surface area (TPSA) is 93.5 Å². The molecule has 0 aliphatic carbocycles. The van der Waals surface area contributed by atoms with Crippen LogP contribution in [0.1, 0.15) is 37.2 Å². The van der Waals surface area contributed by atoms with E-state index in [1.807, 2.05) is 44.2 Å². The summed E-state index contributed by atoms with van der Waals surface area (Å²) in [5.74, 6) is -0.540. The molecule has 1 aromatic heterocycles. The maximum Gasteiger partial charge on any atom is 0.303 e. The van der Waals surface area contributed by atoms with Gasteiger partial charge in [0.2, 0.25) is 0 Å². The molecule has 0 atom stereocenters.